The first-order valence-electron chi connectivity index (χ1n) is 5.74. The first-order valence-corrected chi connectivity index (χ1v) is 6.89. The minimum atomic E-state index is 0.112. The first-order chi connectivity index (χ1) is 7.22. The molecule has 1 saturated carbocycles. The number of rotatable bonds is 8. The number of amides is 1. The van der Waals surface area contributed by atoms with Gasteiger partial charge in [0, 0.05) is 31.8 Å². The highest BCUT2D eigenvalue weighted by molar-refractivity contribution is 7.99. The van der Waals surface area contributed by atoms with Gasteiger partial charge in [0.15, 0.2) is 0 Å². The number of hydrogen-bond donors (Lipinski definition) is 2. The molecule has 0 heterocycles. The Morgan fingerprint density at radius 2 is 2.27 bits per heavy atom. The van der Waals surface area contributed by atoms with Crippen molar-refractivity contribution in [1.29, 1.82) is 0 Å². The Morgan fingerprint density at radius 3 is 2.87 bits per heavy atom. The maximum atomic E-state index is 11.1. The molecule has 0 spiro atoms. The lowest BCUT2D eigenvalue weighted by molar-refractivity contribution is -0.121. The number of carbonyl (C=O) groups excluding carboxylic acids is 1. The molecule has 1 amide bonds. The average molecular weight is 230 g/mol. The van der Waals surface area contributed by atoms with Crippen molar-refractivity contribution < 1.29 is 4.79 Å². The minimum Gasteiger partial charge on any atom is -0.359 e. The Labute approximate surface area is 96.8 Å². The Kier molecular flexibility index (Phi) is 6.10. The third-order valence-corrected chi connectivity index (χ3v) is 3.76. The van der Waals surface area contributed by atoms with Crippen molar-refractivity contribution in [3.8, 4) is 0 Å². The number of carbonyl (C=O) groups is 1. The van der Waals surface area contributed by atoms with Crippen LogP contribution in [-0.4, -0.2) is 37.0 Å². The molecule has 0 aromatic rings. The van der Waals surface area contributed by atoms with Crippen LogP contribution in [-0.2, 0) is 4.79 Å². The van der Waals surface area contributed by atoms with Crippen LogP contribution in [0.15, 0.2) is 0 Å². The van der Waals surface area contributed by atoms with E-state index in [9.17, 15) is 4.79 Å². The molecule has 1 fully saturated rings. The van der Waals surface area contributed by atoms with Gasteiger partial charge in [0.2, 0.25) is 5.91 Å². The number of thioether (sulfide) groups is 1. The molecule has 1 unspecified atom stereocenters. The summed E-state index contributed by atoms with van der Waals surface area (Å²) in [4.78, 5) is 11.1. The van der Waals surface area contributed by atoms with Gasteiger partial charge < -0.3 is 10.6 Å². The Hall–Kier alpha value is -0.220. The van der Waals surface area contributed by atoms with E-state index < -0.39 is 0 Å². The molecule has 88 valence electrons. The van der Waals surface area contributed by atoms with E-state index in [0.29, 0.717) is 6.42 Å². The van der Waals surface area contributed by atoms with Crippen molar-refractivity contribution in [2.24, 2.45) is 5.92 Å². The molecule has 0 saturated heterocycles. The van der Waals surface area contributed by atoms with Gasteiger partial charge in [-0.15, -0.1) is 0 Å². The highest BCUT2D eigenvalue weighted by Crippen LogP contribution is 2.32. The Balaban J connectivity index is 1.86. The third kappa shape index (κ3) is 6.79. The predicted molar refractivity (Wildman–Crippen MR) is 66.2 cm³/mol. The average Bonchev–Trinajstić information content (AvgIpc) is 3.01. The molecule has 0 radical (unpaired) electrons. The van der Waals surface area contributed by atoms with Crippen molar-refractivity contribution in [3.05, 3.63) is 0 Å². The molecule has 15 heavy (non-hydrogen) atoms. The van der Waals surface area contributed by atoms with Gasteiger partial charge in [-0.25, -0.2) is 0 Å². The summed E-state index contributed by atoms with van der Waals surface area (Å²) in [5, 5.41) is 6.00. The molecule has 1 aliphatic rings. The second-order valence-electron chi connectivity index (χ2n) is 4.25. The summed E-state index contributed by atoms with van der Waals surface area (Å²) in [6.07, 6.45) is 3.45. The topological polar surface area (TPSA) is 41.1 Å². The lowest BCUT2D eigenvalue weighted by atomic mass is 10.2. The van der Waals surface area contributed by atoms with Crippen LogP contribution in [0.1, 0.15) is 26.2 Å². The van der Waals surface area contributed by atoms with Gasteiger partial charge in [0.1, 0.15) is 0 Å². The van der Waals surface area contributed by atoms with E-state index in [4.69, 9.17) is 0 Å². The zero-order chi connectivity index (χ0) is 11.1. The van der Waals surface area contributed by atoms with Crippen molar-refractivity contribution in [3.63, 3.8) is 0 Å². The molecule has 1 rings (SSSR count). The van der Waals surface area contributed by atoms with E-state index >= 15 is 0 Å². The van der Waals surface area contributed by atoms with Crippen LogP contribution in [0.2, 0.25) is 0 Å². The van der Waals surface area contributed by atoms with E-state index in [1.54, 1.807) is 7.05 Å². The standard InChI is InChI=1S/C11H22N2OS/c1-9(7-11(14)12-2)13-5-6-15-8-10-3-4-10/h9-10,13H,3-8H2,1-2H3,(H,12,14). The number of hydrogen-bond acceptors (Lipinski definition) is 3. The van der Waals surface area contributed by atoms with Crippen molar-refractivity contribution in [2.45, 2.75) is 32.2 Å². The Bertz CT molecular complexity index is 195. The summed E-state index contributed by atoms with van der Waals surface area (Å²) in [6.45, 7) is 3.07. The molecule has 4 heteroatoms. The zero-order valence-electron chi connectivity index (χ0n) is 9.71. The summed E-state index contributed by atoms with van der Waals surface area (Å²) in [5.41, 5.74) is 0. The van der Waals surface area contributed by atoms with Crippen molar-refractivity contribution >= 4 is 17.7 Å². The molecule has 1 aliphatic carbocycles. The lowest BCUT2D eigenvalue weighted by Crippen LogP contribution is -2.33. The fourth-order valence-corrected chi connectivity index (χ4v) is 2.46. The van der Waals surface area contributed by atoms with Crippen LogP contribution in [0, 0.1) is 5.92 Å². The predicted octanol–water partition coefficient (Wildman–Crippen LogP) is 1.24. The SMILES string of the molecule is CNC(=O)CC(C)NCCSCC1CC1. The summed E-state index contributed by atoms with van der Waals surface area (Å²) < 4.78 is 0. The molecule has 3 nitrogen and oxygen atoms in total. The molecule has 0 aromatic carbocycles. The minimum absolute atomic E-state index is 0.112. The van der Waals surface area contributed by atoms with E-state index in [0.717, 1.165) is 18.2 Å². The van der Waals surface area contributed by atoms with Crippen LogP contribution < -0.4 is 10.6 Å². The zero-order valence-corrected chi connectivity index (χ0v) is 10.5. The largest absolute Gasteiger partial charge is 0.359 e. The molecule has 1 atom stereocenters. The molecular weight excluding hydrogens is 208 g/mol. The normalized spacial score (nSPS) is 17.5. The first kappa shape index (κ1) is 12.8. The van der Waals surface area contributed by atoms with Gasteiger partial charge in [-0.2, -0.15) is 11.8 Å². The second kappa shape index (κ2) is 7.12. The second-order valence-corrected chi connectivity index (χ2v) is 5.40. The van der Waals surface area contributed by atoms with Crippen LogP contribution in [0.3, 0.4) is 0 Å². The monoisotopic (exact) mass is 230 g/mol. The molecule has 0 bridgehead atoms. The van der Waals surface area contributed by atoms with Crippen LogP contribution in [0.25, 0.3) is 0 Å². The van der Waals surface area contributed by atoms with E-state index in [1.807, 2.05) is 11.8 Å². The van der Waals surface area contributed by atoms with Gasteiger partial charge in [-0.3, -0.25) is 4.79 Å². The van der Waals surface area contributed by atoms with E-state index in [1.165, 1.54) is 18.6 Å². The quantitative estimate of drug-likeness (QED) is 0.617. The Morgan fingerprint density at radius 1 is 1.53 bits per heavy atom. The summed E-state index contributed by atoms with van der Waals surface area (Å²) in [5.74, 6) is 3.61. The maximum absolute atomic E-state index is 11.1. The van der Waals surface area contributed by atoms with E-state index in [2.05, 4.69) is 17.6 Å². The van der Waals surface area contributed by atoms with Crippen LogP contribution >= 0.6 is 11.8 Å². The summed E-state index contributed by atoms with van der Waals surface area (Å²) >= 11 is 2.03. The number of nitrogens with one attached hydrogen (secondary N) is 2. The molecule has 2 N–H and O–H groups in total. The van der Waals surface area contributed by atoms with Gasteiger partial charge in [-0.05, 0) is 31.4 Å². The highest BCUT2D eigenvalue weighted by Gasteiger charge is 2.20. The summed E-state index contributed by atoms with van der Waals surface area (Å²) in [7, 11) is 1.68. The van der Waals surface area contributed by atoms with Gasteiger partial charge >= 0.3 is 0 Å². The molecule has 0 aliphatic heterocycles. The van der Waals surface area contributed by atoms with Crippen LogP contribution in [0.5, 0.6) is 0 Å². The maximum Gasteiger partial charge on any atom is 0.221 e. The van der Waals surface area contributed by atoms with E-state index in [-0.39, 0.29) is 11.9 Å². The molecule has 0 aromatic heterocycles. The fraction of sp³-hybridized carbons (Fsp3) is 0.909. The highest BCUT2D eigenvalue weighted by atomic mass is 32.2. The lowest BCUT2D eigenvalue weighted by Gasteiger charge is -2.12. The third-order valence-electron chi connectivity index (χ3n) is 2.56. The smallest absolute Gasteiger partial charge is 0.221 e. The van der Waals surface area contributed by atoms with Crippen molar-refractivity contribution in [2.75, 3.05) is 25.1 Å². The van der Waals surface area contributed by atoms with Crippen molar-refractivity contribution in [1.82, 2.24) is 10.6 Å². The van der Waals surface area contributed by atoms with Gasteiger partial charge in [-0.1, -0.05) is 0 Å². The van der Waals surface area contributed by atoms with Gasteiger partial charge in [0.05, 0.1) is 0 Å². The van der Waals surface area contributed by atoms with Gasteiger partial charge in [0.25, 0.3) is 0 Å². The molecular formula is C11H22N2OS. The fourth-order valence-electron chi connectivity index (χ4n) is 1.36. The summed E-state index contributed by atoms with van der Waals surface area (Å²) in [6, 6.07) is 0.284. The van der Waals surface area contributed by atoms with Crippen LogP contribution in [0.4, 0.5) is 0 Å².